The Balaban J connectivity index is 2.54. The molecule has 0 saturated heterocycles. The molecule has 0 spiro atoms. The van der Waals surface area contributed by atoms with Crippen molar-refractivity contribution in [2.24, 2.45) is 0 Å². The quantitative estimate of drug-likeness (QED) is 0.768. The lowest BCUT2D eigenvalue weighted by Gasteiger charge is -2.18. The first kappa shape index (κ1) is 16.5. The van der Waals surface area contributed by atoms with E-state index in [1.165, 1.54) is 0 Å². The molecule has 0 radical (unpaired) electrons. The molecule has 0 amide bonds. The predicted molar refractivity (Wildman–Crippen MR) is 92.8 cm³/mol. The first-order valence-corrected chi connectivity index (χ1v) is 8.40. The molecule has 2 aromatic rings. The standard InChI is InChI=1S/C17H23NO3S/c1-5-19-13-9-8-12(14-10-11-15(18-4)22-14)16(20-6-2)17(13)21-7-3/h8-11,18H,5-7H2,1-4H3. The second-order valence-electron chi connectivity index (χ2n) is 4.48. The maximum Gasteiger partial charge on any atom is 0.204 e. The highest BCUT2D eigenvalue weighted by molar-refractivity contribution is 7.19. The van der Waals surface area contributed by atoms with E-state index in [2.05, 4.69) is 17.4 Å². The van der Waals surface area contributed by atoms with Crippen molar-refractivity contribution in [2.75, 3.05) is 32.2 Å². The molecular weight excluding hydrogens is 298 g/mol. The predicted octanol–water partition coefficient (Wildman–Crippen LogP) is 4.65. The van der Waals surface area contributed by atoms with Gasteiger partial charge in [-0.1, -0.05) is 0 Å². The molecular formula is C17H23NO3S. The van der Waals surface area contributed by atoms with E-state index in [0.717, 1.165) is 26.9 Å². The van der Waals surface area contributed by atoms with E-state index < -0.39 is 0 Å². The van der Waals surface area contributed by atoms with Crippen LogP contribution in [0.5, 0.6) is 17.2 Å². The summed E-state index contributed by atoms with van der Waals surface area (Å²) in [6, 6.07) is 8.13. The number of thiophene rings is 1. The van der Waals surface area contributed by atoms with Crippen molar-refractivity contribution in [2.45, 2.75) is 20.8 Å². The van der Waals surface area contributed by atoms with Crippen molar-refractivity contribution in [3.05, 3.63) is 24.3 Å². The third-order valence-electron chi connectivity index (χ3n) is 3.07. The van der Waals surface area contributed by atoms with Crippen molar-refractivity contribution in [1.29, 1.82) is 0 Å². The maximum absolute atomic E-state index is 5.89. The number of hydrogen-bond acceptors (Lipinski definition) is 5. The second kappa shape index (κ2) is 7.94. The fourth-order valence-electron chi connectivity index (χ4n) is 2.19. The van der Waals surface area contributed by atoms with Gasteiger partial charge in [-0.05, 0) is 45.0 Å². The van der Waals surface area contributed by atoms with Crippen molar-refractivity contribution in [3.63, 3.8) is 0 Å². The molecule has 0 aliphatic rings. The van der Waals surface area contributed by atoms with Crippen LogP contribution in [-0.2, 0) is 0 Å². The zero-order valence-corrected chi connectivity index (χ0v) is 14.4. The summed E-state index contributed by atoms with van der Waals surface area (Å²) in [5, 5.41) is 4.28. The van der Waals surface area contributed by atoms with E-state index >= 15 is 0 Å². The number of ether oxygens (including phenoxy) is 3. The van der Waals surface area contributed by atoms with Gasteiger partial charge in [0, 0.05) is 17.5 Å². The Kier molecular flexibility index (Phi) is 5.95. The van der Waals surface area contributed by atoms with Gasteiger partial charge in [-0.15, -0.1) is 11.3 Å². The largest absolute Gasteiger partial charge is 0.490 e. The lowest BCUT2D eigenvalue weighted by Crippen LogP contribution is -2.03. The monoisotopic (exact) mass is 321 g/mol. The van der Waals surface area contributed by atoms with Crippen LogP contribution in [0.25, 0.3) is 10.4 Å². The first-order chi connectivity index (χ1) is 10.7. The minimum atomic E-state index is 0.565. The van der Waals surface area contributed by atoms with Crippen LogP contribution in [0.15, 0.2) is 24.3 Å². The van der Waals surface area contributed by atoms with Gasteiger partial charge in [-0.25, -0.2) is 0 Å². The Morgan fingerprint density at radius 1 is 0.864 bits per heavy atom. The molecule has 1 aromatic heterocycles. The summed E-state index contributed by atoms with van der Waals surface area (Å²) in [7, 11) is 1.92. The Hall–Kier alpha value is -1.88. The van der Waals surface area contributed by atoms with Gasteiger partial charge in [-0.3, -0.25) is 0 Å². The summed E-state index contributed by atoms with van der Waals surface area (Å²) < 4.78 is 17.4. The molecule has 1 N–H and O–H groups in total. The lowest BCUT2D eigenvalue weighted by molar-refractivity contribution is 0.261. The molecule has 22 heavy (non-hydrogen) atoms. The Morgan fingerprint density at radius 3 is 2.14 bits per heavy atom. The molecule has 2 rings (SSSR count). The summed E-state index contributed by atoms with van der Waals surface area (Å²) in [5.41, 5.74) is 1.03. The van der Waals surface area contributed by atoms with Crippen LogP contribution in [0.1, 0.15) is 20.8 Å². The van der Waals surface area contributed by atoms with Gasteiger partial charge in [0.15, 0.2) is 11.5 Å². The molecule has 0 atom stereocenters. The molecule has 0 saturated carbocycles. The van der Waals surface area contributed by atoms with E-state index in [1.807, 2.05) is 40.0 Å². The molecule has 120 valence electrons. The van der Waals surface area contributed by atoms with Crippen LogP contribution < -0.4 is 19.5 Å². The van der Waals surface area contributed by atoms with Crippen molar-refractivity contribution < 1.29 is 14.2 Å². The minimum absolute atomic E-state index is 0.565. The molecule has 1 aromatic carbocycles. The zero-order chi connectivity index (χ0) is 15.9. The van der Waals surface area contributed by atoms with Crippen LogP contribution in [0.3, 0.4) is 0 Å². The highest BCUT2D eigenvalue weighted by Crippen LogP contribution is 2.46. The number of anilines is 1. The highest BCUT2D eigenvalue weighted by Gasteiger charge is 2.19. The molecule has 0 fully saturated rings. The normalized spacial score (nSPS) is 10.4. The molecule has 1 heterocycles. The summed E-state index contributed by atoms with van der Waals surface area (Å²) in [5.74, 6) is 2.16. The van der Waals surface area contributed by atoms with Crippen molar-refractivity contribution >= 4 is 16.3 Å². The molecule has 5 heteroatoms. The van der Waals surface area contributed by atoms with E-state index in [0.29, 0.717) is 25.6 Å². The van der Waals surface area contributed by atoms with Crippen molar-refractivity contribution in [3.8, 4) is 27.7 Å². The fourth-order valence-corrected chi connectivity index (χ4v) is 3.08. The maximum atomic E-state index is 5.89. The zero-order valence-electron chi connectivity index (χ0n) is 13.6. The first-order valence-electron chi connectivity index (χ1n) is 7.58. The van der Waals surface area contributed by atoms with Crippen LogP contribution in [0.2, 0.25) is 0 Å². The van der Waals surface area contributed by atoms with Crippen LogP contribution >= 0.6 is 11.3 Å². The van der Waals surface area contributed by atoms with Crippen molar-refractivity contribution in [1.82, 2.24) is 0 Å². The van der Waals surface area contributed by atoms with Gasteiger partial charge in [-0.2, -0.15) is 0 Å². The van der Waals surface area contributed by atoms with Crippen LogP contribution in [-0.4, -0.2) is 26.9 Å². The van der Waals surface area contributed by atoms with Crippen LogP contribution in [0.4, 0.5) is 5.00 Å². The summed E-state index contributed by atoms with van der Waals surface area (Å²) >= 11 is 1.68. The number of benzene rings is 1. The topological polar surface area (TPSA) is 39.7 Å². The number of rotatable bonds is 8. The Labute approximate surface area is 136 Å². The smallest absolute Gasteiger partial charge is 0.204 e. The van der Waals surface area contributed by atoms with E-state index in [1.54, 1.807) is 11.3 Å². The van der Waals surface area contributed by atoms with Gasteiger partial charge in [0.2, 0.25) is 5.75 Å². The SMILES string of the molecule is CCOc1ccc(-c2ccc(NC)s2)c(OCC)c1OCC. The summed E-state index contributed by atoms with van der Waals surface area (Å²) in [4.78, 5) is 1.14. The number of nitrogens with one attached hydrogen (secondary N) is 1. The van der Waals surface area contributed by atoms with Gasteiger partial charge in [0.25, 0.3) is 0 Å². The lowest BCUT2D eigenvalue weighted by atomic mass is 10.1. The van der Waals surface area contributed by atoms with Crippen LogP contribution in [0, 0.1) is 0 Å². The van der Waals surface area contributed by atoms with E-state index in [-0.39, 0.29) is 0 Å². The second-order valence-corrected chi connectivity index (χ2v) is 5.57. The number of hydrogen-bond donors (Lipinski definition) is 1. The Bertz CT molecular complexity index is 610. The van der Waals surface area contributed by atoms with E-state index in [9.17, 15) is 0 Å². The summed E-state index contributed by atoms with van der Waals surface area (Å²) in [6.07, 6.45) is 0. The average Bonchev–Trinajstić information content (AvgIpc) is 3.00. The third-order valence-corrected chi connectivity index (χ3v) is 4.21. The molecule has 4 nitrogen and oxygen atoms in total. The molecule has 0 aliphatic carbocycles. The van der Waals surface area contributed by atoms with Gasteiger partial charge in [0.1, 0.15) is 0 Å². The van der Waals surface area contributed by atoms with Gasteiger partial charge >= 0.3 is 0 Å². The van der Waals surface area contributed by atoms with E-state index in [4.69, 9.17) is 14.2 Å². The molecule has 0 bridgehead atoms. The van der Waals surface area contributed by atoms with Gasteiger partial charge < -0.3 is 19.5 Å². The summed E-state index contributed by atoms with van der Waals surface area (Å²) in [6.45, 7) is 7.63. The molecule has 0 unspecified atom stereocenters. The Morgan fingerprint density at radius 2 is 1.55 bits per heavy atom. The average molecular weight is 321 g/mol. The fraction of sp³-hybridized carbons (Fsp3) is 0.412. The van der Waals surface area contributed by atoms with Gasteiger partial charge in [0.05, 0.1) is 24.8 Å². The third kappa shape index (κ3) is 3.47. The highest BCUT2D eigenvalue weighted by atomic mass is 32.1. The minimum Gasteiger partial charge on any atom is -0.490 e. The molecule has 0 aliphatic heterocycles.